The van der Waals surface area contributed by atoms with Crippen LogP contribution in [0.3, 0.4) is 0 Å². The van der Waals surface area contributed by atoms with Gasteiger partial charge in [-0.3, -0.25) is 0 Å². The van der Waals surface area contributed by atoms with Crippen molar-refractivity contribution in [1.29, 1.82) is 0 Å². The second-order valence-electron chi connectivity index (χ2n) is 14.0. The molecule has 0 aromatic heterocycles. The minimum atomic E-state index is 0.536. The molecule has 0 amide bonds. The van der Waals surface area contributed by atoms with Crippen LogP contribution in [0.5, 0.6) is 0 Å². The predicted molar refractivity (Wildman–Crippen MR) is 177 cm³/mol. The molecule has 0 heteroatoms. The lowest BCUT2D eigenvalue weighted by molar-refractivity contribution is 0.150. The number of benzene rings is 3. The Morgan fingerprint density at radius 2 is 1.56 bits per heavy atom. The Labute approximate surface area is 248 Å². The molecular formula is C41H46. The predicted octanol–water partition coefficient (Wildman–Crippen LogP) is 11.3. The molecule has 210 valence electrons. The molecule has 0 saturated heterocycles. The Hall–Kier alpha value is -3.12. The average Bonchev–Trinajstić information content (AvgIpc) is 3.49. The normalized spacial score (nSPS) is 23.5. The van der Waals surface area contributed by atoms with Crippen molar-refractivity contribution < 1.29 is 0 Å². The fourth-order valence-corrected chi connectivity index (χ4v) is 8.48. The van der Waals surface area contributed by atoms with E-state index in [0.717, 1.165) is 30.6 Å². The molecule has 3 aromatic carbocycles. The molecule has 4 aliphatic rings. The highest BCUT2D eigenvalue weighted by Crippen LogP contribution is 2.50. The van der Waals surface area contributed by atoms with Gasteiger partial charge in [-0.1, -0.05) is 98.5 Å². The maximum absolute atomic E-state index is 4.28. The van der Waals surface area contributed by atoms with E-state index in [1.165, 1.54) is 101 Å². The fourth-order valence-electron chi connectivity index (χ4n) is 8.48. The lowest BCUT2D eigenvalue weighted by Crippen LogP contribution is -2.26. The molecule has 0 nitrogen and oxygen atoms in total. The zero-order valence-corrected chi connectivity index (χ0v) is 25.7. The maximum atomic E-state index is 4.28. The maximum Gasteiger partial charge on any atom is 0.000174 e. The number of allylic oxidation sites excluding steroid dienone is 4. The highest BCUT2D eigenvalue weighted by molar-refractivity contribution is 5.94. The summed E-state index contributed by atoms with van der Waals surface area (Å²) in [5, 5.41) is 0. The first-order chi connectivity index (χ1) is 19.9. The van der Waals surface area contributed by atoms with Gasteiger partial charge in [-0.25, -0.2) is 0 Å². The van der Waals surface area contributed by atoms with E-state index in [1.54, 1.807) is 16.7 Å². The Morgan fingerprint density at radius 1 is 0.854 bits per heavy atom. The molecule has 1 atom stereocenters. The van der Waals surface area contributed by atoms with E-state index in [0.29, 0.717) is 5.92 Å². The van der Waals surface area contributed by atoms with Gasteiger partial charge in [-0.2, -0.15) is 0 Å². The average molecular weight is 539 g/mol. The summed E-state index contributed by atoms with van der Waals surface area (Å²) in [7, 11) is 0. The van der Waals surface area contributed by atoms with Crippen molar-refractivity contribution >= 4 is 17.2 Å². The summed E-state index contributed by atoms with van der Waals surface area (Å²) >= 11 is 0. The van der Waals surface area contributed by atoms with Gasteiger partial charge < -0.3 is 0 Å². The summed E-state index contributed by atoms with van der Waals surface area (Å²) in [6.07, 6.45) is 17.2. The number of hydrogen-bond acceptors (Lipinski definition) is 0. The van der Waals surface area contributed by atoms with Gasteiger partial charge in [0.2, 0.25) is 0 Å². The van der Waals surface area contributed by atoms with Gasteiger partial charge in [0.25, 0.3) is 0 Å². The van der Waals surface area contributed by atoms with Crippen LogP contribution in [0.2, 0.25) is 0 Å². The van der Waals surface area contributed by atoms with Gasteiger partial charge in [0.1, 0.15) is 0 Å². The molecule has 1 unspecified atom stereocenters. The number of aryl methyl sites for hydroxylation is 2. The van der Waals surface area contributed by atoms with Gasteiger partial charge in [0.15, 0.2) is 0 Å². The topological polar surface area (TPSA) is 0 Å². The molecule has 0 heterocycles. The molecule has 4 aliphatic carbocycles. The van der Waals surface area contributed by atoms with Crippen LogP contribution in [-0.2, 0) is 12.8 Å². The molecule has 2 saturated carbocycles. The Kier molecular flexibility index (Phi) is 6.93. The van der Waals surface area contributed by atoms with Crippen LogP contribution in [0, 0.1) is 31.6 Å². The van der Waals surface area contributed by atoms with Gasteiger partial charge in [-0.15, -0.1) is 0 Å². The van der Waals surface area contributed by atoms with Crippen LogP contribution >= 0.6 is 0 Å². The highest BCUT2D eigenvalue weighted by atomic mass is 14.4. The molecule has 0 spiro atoms. The smallest absolute Gasteiger partial charge is 0.000174 e. The standard InChI is InChI=1S/C41H46/c1-25(2)19-37-27(4)20-35-22-34(24-39(35)41(37)32-11-9-26(3)10-12-32)33-17-18-36-28(5)21-38(40(36)23-33)31-15-13-30(14-16-31)29-7-6-8-29/h9-12,17-18,20-23,28-31H,1,6-8,13-16,19,24H2,2-5H3. The van der Waals surface area contributed by atoms with Crippen molar-refractivity contribution in [3.63, 3.8) is 0 Å². The quantitative estimate of drug-likeness (QED) is 0.274. The second kappa shape index (κ2) is 10.6. The number of rotatable bonds is 6. The third-order valence-electron chi connectivity index (χ3n) is 11.0. The van der Waals surface area contributed by atoms with Gasteiger partial charge in [0, 0.05) is 5.92 Å². The first-order valence-electron chi connectivity index (χ1n) is 16.3. The third-order valence-corrected chi connectivity index (χ3v) is 11.0. The Morgan fingerprint density at radius 3 is 2.24 bits per heavy atom. The molecule has 0 radical (unpaired) electrons. The van der Waals surface area contributed by atoms with Gasteiger partial charge >= 0.3 is 0 Å². The summed E-state index contributed by atoms with van der Waals surface area (Å²) in [4.78, 5) is 0. The van der Waals surface area contributed by atoms with E-state index in [4.69, 9.17) is 0 Å². The first-order valence-corrected chi connectivity index (χ1v) is 16.3. The molecular weight excluding hydrogens is 492 g/mol. The highest BCUT2D eigenvalue weighted by Gasteiger charge is 2.34. The summed E-state index contributed by atoms with van der Waals surface area (Å²) in [5.74, 6) is 3.34. The van der Waals surface area contributed by atoms with E-state index in [1.807, 2.05) is 0 Å². The van der Waals surface area contributed by atoms with Crippen molar-refractivity contribution in [1.82, 2.24) is 0 Å². The zero-order chi connectivity index (χ0) is 28.2. The van der Waals surface area contributed by atoms with Crippen LogP contribution in [0.25, 0.3) is 28.3 Å². The Bertz CT molecular complexity index is 1560. The third kappa shape index (κ3) is 4.88. The van der Waals surface area contributed by atoms with Gasteiger partial charge in [-0.05, 0) is 144 Å². The minimum absolute atomic E-state index is 0.536. The molecule has 3 aromatic rings. The van der Waals surface area contributed by atoms with Crippen molar-refractivity contribution in [2.24, 2.45) is 17.8 Å². The van der Waals surface area contributed by atoms with Crippen LogP contribution in [-0.4, -0.2) is 0 Å². The van der Waals surface area contributed by atoms with Crippen molar-refractivity contribution in [3.8, 4) is 11.1 Å². The monoisotopic (exact) mass is 538 g/mol. The molecule has 41 heavy (non-hydrogen) atoms. The largest absolute Gasteiger partial charge is 0.0998 e. The Balaban J connectivity index is 1.20. The SMILES string of the molecule is C=C(C)Cc1c(C)cc2c(c1-c1ccc(C)cc1)CC(c1ccc3c(c1)C(C1CCC(C4CCC4)CC1)=CC3C)=C2. The van der Waals surface area contributed by atoms with Crippen LogP contribution < -0.4 is 0 Å². The number of fused-ring (bicyclic) bond motifs is 2. The minimum Gasteiger partial charge on any atom is -0.0998 e. The van der Waals surface area contributed by atoms with E-state index >= 15 is 0 Å². The van der Waals surface area contributed by atoms with Crippen LogP contribution in [0.1, 0.15) is 109 Å². The summed E-state index contributed by atoms with van der Waals surface area (Å²) in [5.41, 5.74) is 18.7. The van der Waals surface area contributed by atoms with Crippen molar-refractivity contribution in [2.45, 2.75) is 91.4 Å². The first kappa shape index (κ1) is 26.8. The summed E-state index contributed by atoms with van der Waals surface area (Å²) in [6.45, 7) is 13.3. The lowest BCUT2D eigenvalue weighted by Gasteiger charge is -2.39. The number of hydrogen-bond donors (Lipinski definition) is 0. The van der Waals surface area contributed by atoms with E-state index < -0.39 is 0 Å². The van der Waals surface area contributed by atoms with Crippen molar-refractivity contribution in [2.75, 3.05) is 0 Å². The fraction of sp³-hybridized carbons (Fsp3) is 0.415. The summed E-state index contributed by atoms with van der Waals surface area (Å²) < 4.78 is 0. The van der Waals surface area contributed by atoms with E-state index in [9.17, 15) is 0 Å². The van der Waals surface area contributed by atoms with Gasteiger partial charge in [0.05, 0.1) is 0 Å². The van der Waals surface area contributed by atoms with Crippen LogP contribution in [0.15, 0.2) is 66.8 Å². The van der Waals surface area contributed by atoms with E-state index in [2.05, 4.69) is 95.0 Å². The molecule has 0 bridgehead atoms. The molecule has 0 aliphatic heterocycles. The zero-order valence-electron chi connectivity index (χ0n) is 25.7. The van der Waals surface area contributed by atoms with Crippen molar-refractivity contribution in [3.05, 3.63) is 111 Å². The van der Waals surface area contributed by atoms with Crippen LogP contribution in [0.4, 0.5) is 0 Å². The summed E-state index contributed by atoms with van der Waals surface area (Å²) in [6, 6.07) is 19.0. The lowest BCUT2D eigenvalue weighted by atomic mass is 9.67. The molecule has 2 fully saturated rings. The molecule has 0 N–H and O–H groups in total. The molecule has 7 rings (SSSR count). The second-order valence-corrected chi connectivity index (χ2v) is 14.0. The van der Waals surface area contributed by atoms with E-state index in [-0.39, 0.29) is 0 Å².